The van der Waals surface area contributed by atoms with Crippen molar-refractivity contribution in [2.45, 2.75) is 6.42 Å². The number of hydrogen-bond acceptors (Lipinski definition) is 3. The molecule has 0 saturated carbocycles. The number of alkyl halides is 1. The molecule has 0 unspecified atom stereocenters. The lowest BCUT2D eigenvalue weighted by Crippen LogP contribution is -2.04. The highest BCUT2D eigenvalue weighted by Crippen LogP contribution is 2.22. The Morgan fingerprint density at radius 1 is 1.42 bits per heavy atom. The summed E-state index contributed by atoms with van der Waals surface area (Å²) in [6, 6.07) is 3.88. The van der Waals surface area contributed by atoms with Crippen LogP contribution in [0.2, 0.25) is 0 Å². The molecule has 0 atom stereocenters. The van der Waals surface area contributed by atoms with E-state index in [9.17, 15) is 0 Å². The fourth-order valence-corrected chi connectivity index (χ4v) is 2.49. The Morgan fingerprint density at radius 3 is 2.95 bits per heavy atom. The van der Waals surface area contributed by atoms with Gasteiger partial charge in [0, 0.05) is 42.3 Å². The molecular formula is C12H11BrClN5. The zero-order chi connectivity index (χ0) is 13.4. The molecular weight excluding hydrogens is 330 g/mol. The number of aryl methyl sites for hydroxylation is 2. The molecule has 0 aliphatic carbocycles. The first-order valence-corrected chi connectivity index (χ1v) is 7.10. The number of aromatic nitrogens is 5. The second-order valence-electron chi connectivity index (χ2n) is 4.15. The van der Waals surface area contributed by atoms with E-state index in [1.54, 1.807) is 10.9 Å². The lowest BCUT2D eigenvalue weighted by atomic mass is 10.4. The summed E-state index contributed by atoms with van der Waals surface area (Å²) in [4.78, 5) is 9.02. The largest absolute Gasteiger partial charge is 0.274 e. The lowest BCUT2D eigenvalue weighted by Gasteiger charge is -2.03. The summed E-state index contributed by atoms with van der Waals surface area (Å²) in [6.45, 7) is 0. The molecule has 7 heteroatoms. The van der Waals surface area contributed by atoms with Gasteiger partial charge < -0.3 is 0 Å². The highest BCUT2D eigenvalue weighted by Gasteiger charge is 2.15. The molecule has 0 fully saturated rings. The van der Waals surface area contributed by atoms with Crippen molar-refractivity contribution in [1.29, 1.82) is 0 Å². The van der Waals surface area contributed by atoms with E-state index in [1.807, 2.05) is 29.9 Å². The first-order chi connectivity index (χ1) is 9.19. The Balaban J connectivity index is 2.27. The summed E-state index contributed by atoms with van der Waals surface area (Å²) < 4.78 is 4.61. The van der Waals surface area contributed by atoms with Crippen LogP contribution in [0.25, 0.3) is 17.0 Å². The third-order valence-electron chi connectivity index (χ3n) is 2.78. The number of hydrogen-bond donors (Lipinski definition) is 0. The van der Waals surface area contributed by atoms with Crippen LogP contribution in [0.5, 0.6) is 0 Å². The molecule has 0 aliphatic heterocycles. The van der Waals surface area contributed by atoms with Crippen molar-refractivity contribution in [2.24, 2.45) is 7.05 Å². The standard InChI is InChI=1S/C12H11BrClN5/c1-18-5-3-11(17-18)19-10(2-4-14)16-9-6-8(13)7-15-12(9)19/h3,5-7H,2,4H2,1H3. The van der Waals surface area contributed by atoms with Crippen LogP contribution in [-0.4, -0.2) is 30.2 Å². The summed E-state index contributed by atoms with van der Waals surface area (Å²) >= 11 is 9.26. The maximum absolute atomic E-state index is 5.85. The van der Waals surface area contributed by atoms with E-state index in [1.165, 1.54) is 0 Å². The van der Waals surface area contributed by atoms with E-state index < -0.39 is 0 Å². The molecule has 19 heavy (non-hydrogen) atoms. The van der Waals surface area contributed by atoms with Gasteiger partial charge in [0.15, 0.2) is 11.5 Å². The second-order valence-corrected chi connectivity index (χ2v) is 5.44. The first-order valence-electron chi connectivity index (χ1n) is 5.78. The van der Waals surface area contributed by atoms with Gasteiger partial charge in [-0.15, -0.1) is 11.6 Å². The topological polar surface area (TPSA) is 48.5 Å². The van der Waals surface area contributed by atoms with Crippen LogP contribution < -0.4 is 0 Å². The van der Waals surface area contributed by atoms with Gasteiger partial charge in [0.1, 0.15) is 11.3 Å². The van der Waals surface area contributed by atoms with Gasteiger partial charge in [-0.05, 0) is 22.0 Å². The quantitative estimate of drug-likeness (QED) is 0.689. The van der Waals surface area contributed by atoms with E-state index in [-0.39, 0.29) is 0 Å². The van der Waals surface area contributed by atoms with Crippen LogP contribution in [0, 0.1) is 0 Å². The van der Waals surface area contributed by atoms with Crippen LogP contribution in [-0.2, 0) is 13.5 Å². The minimum Gasteiger partial charge on any atom is -0.274 e. The molecule has 0 saturated heterocycles. The van der Waals surface area contributed by atoms with Gasteiger partial charge in [-0.25, -0.2) is 9.97 Å². The molecule has 0 aliphatic rings. The third kappa shape index (κ3) is 2.26. The normalized spacial score (nSPS) is 11.3. The zero-order valence-electron chi connectivity index (χ0n) is 10.2. The summed E-state index contributed by atoms with van der Waals surface area (Å²) in [5.74, 6) is 2.19. The summed E-state index contributed by atoms with van der Waals surface area (Å²) in [5, 5.41) is 4.41. The Morgan fingerprint density at radius 2 is 2.26 bits per heavy atom. The van der Waals surface area contributed by atoms with Crippen molar-refractivity contribution in [1.82, 2.24) is 24.3 Å². The van der Waals surface area contributed by atoms with E-state index >= 15 is 0 Å². The Bertz CT molecular complexity index is 733. The number of nitrogens with zero attached hydrogens (tertiary/aromatic N) is 5. The van der Waals surface area contributed by atoms with Crippen molar-refractivity contribution < 1.29 is 0 Å². The number of halogens is 2. The molecule has 0 spiro atoms. The minimum atomic E-state index is 0.511. The molecule has 0 N–H and O–H groups in total. The Labute approximate surface area is 123 Å². The summed E-state index contributed by atoms with van der Waals surface area (Å²) in [5.41, 5.74) is 1.63. The molecule has 3 rings (SSSR count). The number of pyridine rings is 1. The van der Waals surface area contributed by atoms with Gasteiger partial charge >= 0.3 is 0 Å². The highest BCUT2D eigenvalue weighted by atomic mass is 79.9. The SMILES string of the molecule is Cn1ccc(-n2c(CCCl)nc3cc(Br)cnc32)n1. The Hall–Kier alpha value is -1.40. The van der Waals surface area contributed by atoms with Gasteiger partial charge in [0.25, 0.3) is 0 Å². The van der Waals surface area contributed by atoms with Gasteiger partial charge in [-0.3, -0.25) is 9.25 Å². The van der Waals surface area contributed by atoms with Crippen molar-refractivity contribution in [3.05, 3.63) is 34.8 Å². The van der Waals surface area contributed by atoms with Gasteiger partial charge in [-0.1, -0.05) is 0 Å². The second kappa shape index (κ2) is 4.94. The highest BCUT2D eigenvalue weighted by molar-refractivity contribution is 9.10. The van der Waals surface area contributed by atoms with Crippen molar-refractivity contribution in [3.8, 4) is 5.82 Å². The van der Waals surface area contributed by atoms with E-state index in [0.29, 0.717) is 12.3 Å². The molecule has 3 aromatic rings. The maximum Gasteiger partial charge on any atom is 0.166 e. The summed E-state index contributed by atoms with van der Waals surface area (Å²) in [6.07, 6.45) is 4.32. The minimum absolute atomic E-state index is 0.511. The maximum atomic E-state index is 5.85. The molecule has 3 heterocycles. The third-order valence-corrected chi connectivity index (χ3v) is 3.40. The fraction of sp³-hybridized carbons (Fsp3) is 0.250. The fourth-order valence-electron chi connectivity index (χ4n) is 2.00. The number of imidazole rings is 1. The van der Waals surface area contributed by atoms with E-state index in [4.69, 9.17) is 11.6 Å². The monoisotopic (exact) mass is 339 g/mol. The summed E-state index contributed by atoms with van der Waals surface area (Å²) in [7, 11) is 1.88. The van der Waals surface area contributed by atoms with Crippen LogP contribution in [0.1, 0.15) is 5.82 Å². The van der Waals surface area contributed by atoms with Crippen molar-refractivity contribution >= 4 is 38.7 Å². The smallest absolute Gasteiger partial charge is 0.166 e. The average molecular weight is 341 g/mol. The van der Waals surface area contributed by atoms with E-state index in [0.717, 1.165) is 27.3 Å². The molecule has 5 nitrogen and oxygen atoms in total. The van der Waals surface area contributed by atoms with Gasteiger partial charge in [0.2, 0.25) is 0 Å². The van der Waals surface area contributed by atoms with Crippen LogP contribution in [0.3, 0.4) is 0 Å². The average Bonchev–Trinajstić information content (AvgIpc) is 2.92. The van der Waals surface area contributed by atoms with Crippen LogP contribution in [0.15, 0.2) is 29.0 Å². The zero-order valence-corrected chi connectivity index (χ0v) is 12.6. The van der Waals surface area contributed by atoms with Crippen molar-refractivity contribution in [2.75, 3.05) is 5.88 Å². The predicted molar refractivity (Wildman–Crippen MR) is 77.8 cm³/mol. The predicted octanol–water partition coefficient (Wildman–Crippen LogP) is 2.70. The molecule has 0 amide bonds. The van der Waals surface area contributed by atoms with Gasteiger partial charge in [0.05, 0.1) is 0 Å². The molecule has 0 aromatic carbocycles. The number of rotatable bonds is 3. The molecule has 3 aromatic heterocycles. The van der Waals surface area contributed by atoms with Crippen molar-refractivity contribution in [3.63, 3.8) is 0 Å². The molecule has 98 valence electrons. The van der Waals surface area contributed by atoms with Crippen LogP contribution in [0.4, 0.5) is 0 Å². The van der Waals surface area contributed by atoms with Crippen LogP contribution >= 0.6 is 27.5 Å². The van der Waals surface area contributed by atoms with Gasteiger partial charge in [-0.2, -0.15) is 5.10 Å². The van der Waals surface area contributed by atoms with E-state index in [2.05, 4.69) is 31.0 Å². The molecule has 0 bridgehead atoms. The molecule has 0 radical (unpaired) electrons. The Kier molecular flexibility index (Phi) is 3.28. The lowest BCUT2D eigenvalue weighted by molar-refractivity contribution is 0.745. The first kappa shape index (κ1) is 12.6. The number of fused-ring (bicyclic) bond motifs is 1.